The van der Waals surface area contributed by atoms with Crippen LogP contribution in [0, 0.1) is 0 Å². The Labute approximate surface area is 174 Å². The minimum Gasteiger partial charge on any atom is -0.383 e. The fraction of sp³-hybridized carbons (Fsp3) is 0.300. The standard InChI is InChI=1S/C20H19F3N6O2/c1-11(30)29-6-2-3-15(29)19(31)27-16-10-28-9-12(4-5-17(28)26-16)13-7-14(20(21,22)23)18(24)25-8-13/h4-5,7-10,15H,2-3,6H2,1H3,(H2,24,25)(H,27,31). The molecule has 3 N–H and O–H groups in total. The molecule has 11 heteroatoms. The van der Waals surface area contributed by atoms with Gasteiger partial charge in [-0.15, -0.1) is 0 Å². The predicted molar refractivity (Wildman–Crippen MR) is 107 cm³/mol. The van der Waals surface area contributed by atoms with E-state index in [9.17, 15) is 22.8 Å². The Morgan fingerprint density at radius 2 is 2.00 bits per heavy atom. The maximum absolute atomic E-state index is 13.1. The quantitative estimate of drug-likeness (QED) is 0.662. The van der Waals surface area contributed by atoms with Gasteiger partial charge in [0.05, 0.1) is 11.8 Å². The lowest BCUT2D eigenvalue weighted by Gasteiger charge is -2.21. The van der Waals surface area contributed by atoms with Crippen LogP contribution in [0.25, 0.3) is 16.8 Å². The van der Waals surface area contributed by atoms with Crippen LogP contribution in [-0.4, -0.2) is 43.7 Å². The average molecular weight is 432 g/mol. The number of amides is 2. The second-order valence-corrected chi connectivity index (χ2v) is 7.32. The van der Waals surface area contributed by atoms with Crippen LogP contribution in [0.5, 0.6) is 0 Å². The summed E-state index contributed by atoms with van der Waals surface area (Å²) in [5.74, 6) is -0.790. The molecule has 1 aliphatic rings. The van der Waals surface area contributed by atoms with E-state index in [1.807, 2.05) is 0 Å². The van der Waals surface area contributed by atoms with Crippen molar-refractivity contribution >= 4 is 29.1 Å². The monoisotopic (exact) mass is 432 g/mol. The van der Waals surface area contributed by atoms with Gasteiger partial charge >= 0.3 is 6.18 Å². The molecular formula is C20H19F3N6O2. The Morgan fingerprint density at radius 1 is 1.23 bits per heavy atom. The molecule has 0 radical (unpaired) electrons. The number of rotatable bonds is 3. The van der Waals surface area contributed by atoms with Crippen LogP contribution in [0.4, 0.5) is 24.8 Å². The fourth-order valence-electron chi connectivity index (χ4n) is 3.71. The van der Waals surface area contributed by atoms with Gasteiger partial charge in [0, 0.05) is 37.0 Å². The largest absolute Gasteiger partial charge is 0.419 e. The Morgan fingerprint density at radius 3 is 2.71 bits per heavy atom. The number of imidazole rings is 1. The molecule has 162 valence electrons. The number of fused-ring (bicyclic) bond motifs is 1. The van der Waals surface area contributed by atoms with Crippen LogP contribution in [-0.2, 0) is 15.8 Å². The summed E-state index contributed by atoms with van der Waals surface area (Å²) in [4.78, 5) is 33.7. The Balaban J connectivity index is 1.59. The van der Waals surface area contributed by atoms with Gasteiger partial charge in [0.1, 0.15) is 17.5 Å². The SMILES string of the molecule is CC(=O)N1CCCC1C(=O)Nc1cn2cc(-c3cnc(N)c(C(F)(F)F)c3)ccc2n1. The van der Waals surface area contributed by atoms with Crippen molar-refractivity contribution in [3.63, 3.8) is 0 Å². The summed E-state index contributed by atoms with van der Waals surface area (Å²) in [6, 6.07) is 3.63. The number of hydrogen-bond donors (Lipinski definition) is 2. The minimum atomic E-state index is -4.61. The Kier molecular flexibility index (Phi) is 5.03. The Hall–Kier alpha value is -3.63. The highest BCUT2D eigenvalue weighted by atomic mass is 19.4. The number of alkyl halides is 3. The number of hydrogen-bond acceptors (Lipinski definition) is 5. The van der Waals surface area contributed by atoms with Gasteiger partial charge in [-0.3, -0.25) is 9.59 Å². The summed E-state index contributed by atoms with van der Waals surface area (Å²) in [6.45, 7) is 1.96. The van der Waals surface area contributed by atoms with Gasteiger partial charge < -0.3 is 20.4 Å². The van der Waals surface area contributed by atoms with E-state index in [4.69, 9.17) is 5.73 Å². The zero-order chi connectivity index (χ0) is 22.3. The highest BCUT2D eigenvalue weighted by Crippen LogP contribution is 2.35. The lowest BCUT2D eigenvalue weighted by molar-refractivity contribution is -0.137. The van der Waals surface area contributed by atoms with Crippen LogP contribution in [0.3, 0.4) is 0 Å². The number of nitrogens with one attached hydrogen (secondary N) is 1. The number of nitrogens with zero attached hydrogens (tertiary/aromatic N) is 4. The summed E-state index contributed by atoms with van der Waals surface area (Å²) >= 11 is 0. The van der Waals surface area contributed by atoms with Gasteiger partial charge in [-0.05, 0) is 31.0 Å². The highest BCUT2D eigenvalue weighted by Gasteiger charge is 2.34. The molecule has 2 amide bonds. The predicted octanol–water partition coefficient (Wildman–Crippen LogP) is 2.95. The first-order valence-corrected chi connectivity index (χ1v) is 9.53. The maximum atomic E-state index is 13.1. The van der Waals surface area contributed by atoms with Gasteiger partial charge in [-0.2, -0.15) is 13.2 Å². The van der Waals surface area contributed by atoms with E-state index in [-0.39, 0.29) is 23.2 Å². The van der Waals surface area contributed by atoms with Crippen molar-refractivity contribution in [3.8, 4) is 11.1 Å². The molecule has 1 saturated heterocycles. The number of halogens is 3. The second-order valence-electron chi connectivity index (χ2n) is 7.32. The maximum Gasteiger partial charge on any atom is 0.419 e. The summed E-state index contributed by atoms with van der Waals surface area (Å²) in [5.41, 5.74) is 5.57. The first kappa shape index (κ1) is 20.6. The molecular weight excluding hydrogens is 413 g/mol. The summed E-state index contributed by atoms with van der Waals surface area (Å²) in [6.07, 6.45) is 1.12. The van der Waals surface area contributed by atoms with E-state index in [1.54, 1.807) is 28.9 Å². The number of aromatic nitrogens is 3. The van der Waals surface area contributed by atoms with Crippen LogP contribution in [0.2, 0.25) is 0 Å². The third-order valence-corrected chi connectivity index (χ3v) is 5.22. The second kappa shape index (κ2) is 7.56. The zero-order valence-corrected chi connectivity index (χ0v) is 16.5. The minimum absolute atomic E-state index is 0.160. The van der Waals surface area contributed by atoms with Gasteiger partial charge in [0.15, 0.2) is 5.82 Å². The van der Waals surface area contributed by atoms with Crippen LogP contribution < -0.4 is 11.1 Å². The first-order chi connectivity index (χ1) is 14.6. The first-order valence-electron chi connectivity index (χ1n) is 9.53. The molecule has 0 aromatic carbocycles. The number of likely N-dealkylation sites (tertiary alicyclic amines) is 1. The van der Waals surface area contributed by atoms with Gasteiger partial charge in [0.2, 0.25) is 11.8 Å². The van der Waals surface area contributed by atoms with Crippen LogP contribution in [0.1, 0.15) is 25.3 Å². The van der Waals surface area contributed by atoms with Crippen molar-refractivity contribution in [3.05, 3.63) is 42.4 Å². The summed E-state index contributed by atoms with van der Waals surface area (Å²) in [7, 11) is 0. The van der Waals surface area contributed by atoms with Gasteiger partial charge in [-0.1, -0.05) is 0 Å². The molecule has 3 aromatic rings. The molecule has 0 spiro atoms. The molecule has 0 saturated carbocycles. The van der Waals surface area contributed by atoms with Crippen LogP contribution in [0.15, 0.2) is 36.8 Å². The molecule has 3 aromatic heterocycles. The Bertz CT molecular complexity index is 1170. The molecule has 1 aliphatic heterocycles. The third kappa shape index (κ3) is 4.03. The molecule has 1 atom stereocenters. The normalized spacial score (nSPS) is 16.6. The van der Waals surface area contributed by atoms with Gasteiger partial charge in [-0.25, -0.2) is 9.97 Å². The number of nitrogen functional groups attached to an aromatic ring is 1. The number of carbonyl (C=O) groups is 2. The van der Waals surface area contributed by atoms with Crippen LogP contribution >= 0.6 is 0 Å². The molecule has 8 nitrogen and oxygen atoms in total. The molecule has 4 rings (SSSR count). The third-order valence-electron chi connectivity index (χ3n) is 5.22. The van der Waals surface area contributed by atoms with E-state index < -0.39 is 23.6 Å². The number of nitrogens with two attached hydrogens (primary N) is 1. The van der Waals surface area contributed by atoms with E-state index in [0.717, 1.165) is 12.5 Å². The zero-order valence-electron chi connectivity index (χ0n) is 16.5. The molecule has 0 aliphatic carbocycles. The smallest absolute Gasteiger partial charge is 0.383 e. The van der Waals surface area contributed by atoms with Crippen molar-refractivity contribution in [1.82, 2.24) is 19.3 Å². The molecule has 4 heterocycles. The van der Waals surface area contributed by atoms with Crippen molar-refractivity contribution in [2.75, 3.05) is 17.6 Å². The number of anilines is 2. The van der Waals surface area contributed by atoms with Crippen molar-refractivity contribution in [2.45, 2.75) is 32.0 Å². The van der Waals surface area contributed by atoms with E-state index in [2.05, 4.69) is 15.3 Å². The van der Waals surface area contributed by atoms with E-state index >= 15 is 0 Å². The number of carbonyl (C=O) groups excluding carboxylic acids is 2. The van der Waals surface area contributed by atoms with Crippen molar-refractivity contribution < 1.29 is 22.8 Å². The average Bonchev–Trinajstić information content (AvgIpc) is 3.33. The molecule has 31 heavy (non-hydrogen) atoms. The molecule has 1 unspecified atom stereocenters. The van der Waals surface area contributed by atoms with Crippen molar-refractivity contribution in [1.29, 1.82) is 0 Å². The summed E-state index contributed by atoms with van der Waals surface area (Å²) < 4.78 is 41.0. The number of pyridine rings is 2. The van der Waals surface area contributed by atoms with E-state index in [1.165, 1.54) is 18.0 Å². The van der Waals surface area contributed by atoms with E-state index in [0.29, 0.717) is 24.2 Å². The van der Waals surface area contributed by atoms with Crippen molar-refractivity contribution in [2.24, 2.45) is 0 Å². The lowest BCUT2D eigenvalue weighted by atomic mass is 10.1. The van der Waals surface area contributed by atoms with Gasteiger partial charge in [0.25, 0.3) is 0 Å². The molecule has 0 bridgehead atoms. The lowest BCUT2D eigenvalue weighted by Crippen LogP contribution is -2.42. The summed E-state index contributed by atoms with van der Waals surface area (Å²) in [5, 5.41) is 2.71. The highest BCUT2D eigenvalue weighted by molar-refractivity contribution is 5.96. The molecule has 1 fully saturated rings. The fourth-order valence-corrected chi connectivity index (χ4v) is 3.71. The topological polar surface area (TPSA) is 106 Å².